The van der Waals surface area contributed by atoms with Crippen LogP contribution in [0.15, 0.2) is 25.0 Å². The molecule has 8 nitrogen and oxygen atoms in total. The van der Waals surface area contributed by atoms with Gasteiger partial charge in [0.1, 0.15) is 10.1 Å². The van der Waals surface area contributed by atoms with Crippen molar-refractivity contribution in [1.82, 2.24) is 0 Å². The number of rotatable bonds is 2. The maximum absolute atomic E-state index is 11.5. The Morgan fingerprint density at radius 3 is 2.52 bits per heavy atom. The van der Waals surface area contributed by atoms with Gasteiger partial charge < -0.3 is 11.5 Å². The van der Waals surface area contributed by atoms with Gasteiger partial charge >= 0.3 is 0 Å². The number of hydrogen-bond acceptors (Lipinski definition) is 7. The van der Waals surface area contributed by atoms with Gasteiger partial charge in [-0.1, -0.05) is 6.42 Å². The second-order valence-corrected chi connectivity index (χ2v) is 7.91. The predicted octanol–water partition coefficient (Wildman–Crippen LogP) is 3.54. The van der Waals surface area contributed by atoms with Crippen LogP contribution in [0.5, 0.6) is 0 Å². The van der Waals surface area contributed by atoms with Crippen molar-refractivity contribution in [2.75, 3.05) is 4.90 Å². The Morgan fingerprint density at radius 1 is 1.28 bits per heavy atom. The fraction of sp³-hybridized carbons (Fsp3) is 0.467. The van der Waals surface area contributed by atoms with E-state index in [1.807, 2.05) is 0 Å². The number of guanidine groups is 2. The van der Waals surface area contributed by atoms with Crippen LogP contribution in [0.1, 0.15) is 37.7 Å². The Labute approximate surface area is 161 Å². The summed E-state index contributed by atoms with van der Waals surface area (Å²) in [7, 11) is 0. The summed E-state index contributed by atoms with van der Waals surface area (Å²) < 4.78 is 1.03. The second kappa shape index (κ2) is 6.56. The van der Waals surface area contributed by atoms with Gasteiger partial charge in [0.05, 0.1) is 10.6 Å². The minimum absolute atomic E-state index is 0.000477. The zero-order valence-corrected chi connectivity index (χ0v) is 16.8. The van der Waals surface area contributed by atoms with Gasteiger partial charge in [0.2, 0.25) is 11.9 Å². The molecule has 0 atom stereocenters. The van der Waals surface area contributed by atoms with E-state index in [-0.39, 0.29) is 17.6 Å². The summed E-state index contributed by atoms with van der Waals surface area (Å²) >= 11 is 6.93. The molecule has 1 heterocycles. The van der Waals surface area contributed by atoms with Crippen molar-refractivity contribution in [3.05, 3.63) is 30.7 Å². The van der Waals surface area contributed by atoms with Gasteiger partial charge in [-0.3, -0.25) is 15.0 Å². The van der Waals surface area contributed by atoms with E-state index < -0.39 is 10.6 Å². The maximum atomic E-state index is 11.5. The molecule has 1 aliphatic carbocycles. The van der Waals surface area contributed by atoms with E-state index in [0.29, 0.717) is 20.2 Å². The first-order chi connectivity index (χ1) is 11.8. The SMILES string of the molecule is Cc1cc(Br)c(N2C(N)=NC(N)=NC23CCCCC3)c(Br)c1[N+](=O)[O-]. The highest BCUT2D eigenvalue weighted by Crippen LogP contribution is 2.48. The molecule has 134 valence electrons. The van der Waals surface area contributed by atoms with Crippen LogP contribution >= 0.6 is 31.9 Å². The van der Waals surface area contributed by atoms with Gasteiger partial charge in [-0.05, 0) is 70.5 Å². The Morgan fingerprint density at radius 2 is 1.92 bits per heavy atom. The van der Waals surface area contributed by atoms with Crippen LogP contribution in [0.4, 0.5) is 11.4 Å². The molecule has 1 aliphatic heterocycles. The molecule has 10 heteroatoms. The number of aryl methyl sites for hydroxylation is 1. The maximum Gasteiger partial charge on any atom is 0.288 e. The van der Waals surface area contributed by atoms with Gasteiger partial charge in [0.25, 0.3) is 5.69 Å². The zero-order valence-electron chi connectivity index (χ0n) is 13.6. The van der Waals surface area contributed by atoms with Crippen molar-refractivity contribution >= 4 is 55.2 Å². The lowest BCUT2D eigenvalue weighted by atomic mass is 9.87. The molecule has 0 radical (unpaired) electrons. The molecule has 1 aromatic carbocycles. The largest absolute Gasteiger partial charge is 0.369 e. The number of nitrogens with two attached hydrogens (primary N) is 2. The summed E-state index contributed by atoms with van der Waals surface area (Å²) in [5.41, 5.74) is 12.5. The smallest absolute Gasteiger partial charge is 0.288 e. The molecule has 0 bridgehead atoms. The van der Waals surface area contributed by atoms with Crippen molar-refractivity contribution < 1.29 is 4.92 Å². The van der Waals surface area contributed by atoms with E-state index in [1.54, 1.807) is 17.9 Å². The third-order valence-electron chi connectivity index (χ3n) is 4.62. The average molecular weight is 474 g/mol. The third kappa shape index (κ3) is 3.01. The minimum Gasteiger partial charge on any atom is -0.369 e. The molecule has 0 unspecified atom stereocenters. The molecule has 1 saturated carbocycles. The van der Waals surface area contributed by atoms with E-state index in [2.05, 4.69) is 41.8 Å². The van der Waals surface area contributed by atoms with Crippen LogP contribution in [0.2, 0.25) is 0 Å². The monoisotopic (exact) mass is 472 g/mol. The highest BCUT2D eigenvalue weighted by molar-refractivity contribution is 9.11. The van der Waals surface area contributed by atoms with Crippen LogP contribution in [-0.4, -0.2) is 22.5 Å². The third-order valence-corrected chi connectivity index (χ3v) is 5.97. The molecule has 0 aromatic heterocycles. The normalized spacial score (nSPS) is 19.6. The van der Waals surface area contributed by atoms with Crippen molar-refractivity contribution in [3.63, 3.8) is 0 Å². The van der Waals surface area contributed by atoms with Crippen LogP contribution in [0.3, 0.4) is 0 Å². The van der Waals surface area contributed by atoms with E-state index in [9.17, 15) is 10.1 Å². The van der Waals surface area contributed by atoms with Gasteiger partial charge in [0.15, 0.2) is 0 Å². The highest BCUT2D eigenvalue weighted by Gasteiger charge is 2.45. The molecule has 1 aromatic rings. The quantitative estimate of drug-likeness (QED) is 0.502. The van der Waals surface area contributed by atoms with Gasteiger partial charge in [-0.2, -0.15) is 4.99 Å². The summed E-state index contributed by atoms with van der Waals surface area (Å²) in [6.07, 6.45) is 4.57. The van der Waals surface area contributed by atoms with Crippen molar-refractivity contribution in [2.24, 2.45) is 21.5 Å². The lowest BCUT2D eigenvalue weighted by Gasteiger charge is -2.46. The Hall–Kier alpha value is -1.68. The van der Waals surface area contributed by atoms with Crippen molar-refractivity contribution in [1.29, 1.82) is 0 Å². The van der Waals surface area contributed by atoms with E-state index in [1.165, 1.54) is 0 Å². The number of hydrogen-bond donors (Lipinski definition) is 2. The Balaban J connectivity index is 2.25. The first kappa shape index (κ1) is 18.1. The molecule has 2 aliphatic rings. The molecular formula is C15H18Br2N6O2. The van der Waals surface area contributed by atoms with Crippen molar-refractivity contribution in [3.8, 4) is 0 Å². The predicted molar refractivity (Wildman–Crippen MR) is 105 cm³/mol. The highest BCUT2D eigenvalue weighted by atomic mass is 79.9. The molecule has 3 rings (SSSR count). The second-order valence-electron chi connectivity index (χ2n) is 6.26. The number of anilines is 1. The first-order valence-electron chi connectivity index (χ1n) is 7.89. The van der Waals surface area contributed by atoms with E-state index in [4.69, 9.17) is 11.5 Å². The Bertz CT molecular complexity index is 802. The van der Waals surface area contributed by atoms with E-state index in [0.717, 1.165) is 32.1 Å². The van der Waals surface area contributed by atoms with Gasteiger partial charge in [-0.15, -0.1) is 0 Å². The fourth-order valence-corrected chi connectivity index (χ4v) is 5.42. The fourth-order valence-electron chi connectivity index (χ4n) is 3.59. The van der Waals surface area contributed by atoms with Crippen LogP contribution < -0.4 is 16.4 Å². The number of nitrogens with zero attached hydrogens (tertiary/aromatic N) is 4. The summed E-state index contributed by atoms with van der Waals surface area (Å²) in [6.45, 7) is 1.69. The minimum atomic E-state index is -0.664. The molecule has 0 amide bonds. The van der Waals surface area contributed by atoms with E-state index >= 15 is 0 Å². The average Bonchev–Trinajstić information content (AvgIpc) is 2.49. The molecule has 1 fully saturated rings. The number of halogens is 2. The van der Waals surface area contributed by atoms with Crippen LogP contribution in [0, 0.1) is 17.0 Å². The lowest BCUT2D eigenvalue weighted by molar-refractivity contribution is -0.386. The molecule has 25 heavy (non-hydrogen) atoms. The zero-order chi connectivity index (χ0) is 18.4. The lowest BCUT2D eigenvalue weighted by Crippen LogP contribution is -2.58. The summed E-state index contributed by atoms with van der Waals surface area (Å²) in [5.74, 6) is 0.332. The summed E-state index contributed by atoms with van der Waals surface area (Å²) in [6, 6.07) is 1.71. The molecule has 4 N–H and O–H groups in total. The van der Waals surface area contributed by atoms with Crippen molar-refractivity contribution in [2.45, 2.75) is 44.7 Å². The van der Waals surface area contributed by atoms with Crippen LogP contribution in [0.25, 0.3) is 0 Å². The number of aliphatic imine (C=N–C) groups is 2. The first-order valence-corrected chi connectivity index (χ1v) is 9.48. The van der Waals surface area contributed by atoms with Gasteiger partial charge in [0, 0.05) is 10.0 Å². The summed E-state index contributed by atoms with van der Waals surface area (Å²) in [4.78, 5) is 21.6. The number of nitro benzene ring substituents is 1. The Kier molecular flexibility index (Phi) is 4.76. The molecule has 0 saturated heterocycles. The molecule has 1 spiro atoms. The van der Waals surface area contributed by atoms with Gasteiger partial charge in [-0.25, -0.2) is 4.99 Å². The number of benzene rings is 1. The topological polar surface area (TPSA) is 123 Å². The summed E-state index contributed by atoms with van der Waals surface area (Å²) in [5, 5.41) is 11.5. The molecular weight excluding hydrogens is 456 g/mol. The standard InChI is InChI=1S/C15H18Br2N6O2/c1-8-7-9(16)12(10(17)11(8)23(24)25)22-14(19)20-13(18)21-15(22)5-3-2-4-6-15/h7H,2-6H2,1H3,(H4,18,19,20,21). The van der Waals surface area contributed by atoms with Crippen LogP contribution in [-0.2, 0) is 0 Å². The number of nitro groups is 1.